The van der Waals surface area contributed by atoms with Crippen molar-refractivity contribution in [3.05, 3.63) is 48.0 Å². The Morgan fingerprint density at radius 3 is 3.00 bits per heavy atom. The maximum atomic E-state index is 4.01. The quantitative estimate of drug-likeness (QED) is 0.666. The molecule has 0 saturated carbocycles. The van der Waals surface area contributed by atoms with Crippen molar-refractivity contribution in [1.82, 2.24) is 20.4 Å². The van der Waals surface area contributed by atoms with Crippen molar-refractivity contribution >= 4 is 0 Å². The van der Waals surface area contributed by atoms with Gasteiger partial charge in [0.05, 0.1) is 6.20 Å². The first kappa shape index (κ1) is 7.79. The molecule has 0 aliphatic carbocycles. The van der Waals surface area contributed by atoms with Gasteiger partial charge in [-0.2, -0.15) is 0 Å². The van der Waals surface area contributed by atoms with Crippen molar-refractivity contribution in [2.75, 3.05) is 0 Å². The summed E-state index contributed by atoms with van der Waals surface area (Å²) in [5.74, 6) is 0. The average Bonchev–Trinajstić information content (AvgIpc) is 2.21. The Bertz CT molecular complexity index is 322. The third-order valence-electron chi connectivity index (χ3n) is 1.62. The highest BCUT2D eigenvalue weighted by atomic mass is 15.3. The molecule has 0 N–H and O–H groups in total. The van der Waals surface area contributed by atoms with Crippen LogP contribution in [0.3, 0.4) is 0 Å². The summed E-state index contributed by atoms with van der Waals surface area (Å²) in [5, 5.41) is 10.7. The van der Waals surface area contributed by atoms with Gasteiger partial charge in [-0.15, -0.1) is 10.2 Å². The standard InChI is InChI=1S/C9H7N4/c1-2-8(5-10-3-1)4-9-6-11-13-12-7-9/h1-3,5-6H,4H2. The van der Waals surface area contributed by atoms with Gasteiger partial charge in [0.25, 0.3) is 0 Å². The molecule has 0 fully saturated rings. The summed E-state index contributed by atoms with van der Waals surface area (Å²) >= 11 is 0. The Labute approximate surface area is 75.7 Å². The maximum absolute atomic E-state index is 4.01. The lowest BCUT2D eigenvalue weighted by Gasteiger charge is -1.97. The summed E-state index contributed by atoms with van der Waals surface area (Å²) in [4.78, 5) is 4.01. The minimum Gasteiger partial charge on any atom is -0.264 e. The molecule has 2 rings (SSSR count). The molecule has 0 saturated heterocycles. The third kappa shape index (κ3) is 2.05. The topological polar surface area (TPSA) is 51.6 Å². The van der Waals surface area contributed by atoms with E-state index in [1.165, 1.54) is 0 Å². The molecule has 4 heteroatoms. The fourth-order valence-corrected chi connectivity index (χ4v) is 1.04. The van der Waals surface area contributed by atoms with Crippen LogP contribution in [0.2, 0.25) is 0 Å². The zero-order chi connectivity index (χ0) is 8.93. The lowest BCUT2D eigenvalue weighted by molar-refractivity contribution is 0.838. The van der Waals surface area contributed by atoms with Crippen molar-refractivity contribution in [3.63, 3.8) is 0 Å². The second-order valence-corrected chi connectivity index (χ2v) is 2.61. The number of hydrogen-bond donors (Lipinski definition) is 0. The van der Waals surface area contributed by atoms with Crippen LogP contribution in [0.25, 0.3) is 0 Å². The molecule has 13 heavy (non-hydrogen) atoms. The van der Waals surface area contributed by atoms with Crippen molar-refractivity contribution in [1.29, 1.82) is 0 Å². The van der Waals surface area contributed by atoms with Crippen molar-refractivity contribution in [3.8, 4) is 0 Å². The maximum Gasteiger partial charge on any atom is 0.121 e. The largest absolute Gasteiger partial charge is 0.264 e. The fourth-order valence-electron chi connectivity index (χ4n) is 1.04. The number of nitrogens with zero attached hydrogens (tertiary/aromatic N) is 4. The molecule has 0 aliphatic rings. The summed E-state index contributed by atoms with van der Waals surface area (Å²) in [7, 11) is 0. The lowest BCUT2D eigenvalue weighted by atomic mass is 10.1. The summed E-state index contributed by atoms with van der Waals surface area (Å²) in [5.41, 5.74) is 2.04. The Hall–Kier alpha value is -1.84. The van der Waals surface area contributed by atoms with Gasteiger partial charge >= 0.3 is 0 Å². The van der Waals surface area contributed by atoms with Gasteiger partial charge in [-0.1, -0.05) is 6.07 Å². The number of pyridine rings is 1. The number of aromatic nitrogens is 4. The van der Waals surface area contributed by atoms with Gasteiger partial charge in [0, 0.05) is 24.4 Å². The lowest BCUT2D eigenvalue weighted by Crippen LogP contribution is -1.93. The van der Waals surface area contributed by atoms with Crippen LogP contribution in [0.1, 0.15) is 11.1 Å². The molecule has 2 aromatic rings. The van der Waals surface area contributed by atoms with E-state index in [-0.39, 0.29) is 0 Å². The van der Waals surface area contributed by atoms with Crippen LogP contribution in [0.15, 0.2) is 30.7 Å². The average molecular weight is 171 g/mol. The molecule has 1 radical (unpaired) electrons. The van der Waals surface area contributed by atoms with Crippen molar-refractivity contribution in [2.24, 2.45) is 0 Å². The van der Waals surface area contributed by atoms with E-state index in [4.69, 9.17) is 0 Å². The summed E-state index contributed by atoms with van der Waals surface area (Å²) in [6.07, 6.45) is 8.72. The van der Waals surface area contributed by atoms with E-state index in [1.807, 2.05) is 18.3 Å². The SMILES string of the molecule is [c]1nnncc1Cc1cccnc1. The van der Waals surface area contributed by atoms with E-state index in [0.29, 0.717) is 0 Å². The predicted octanol–water partition coefficient (Wildman–Crippen LogP) is 0.658. The zero-order valence-corrected chi connectivity index (χ0v) is 6.88. The molecule has 2 aromatic heterocycles. The van der Waals surface area contributed by atoms with E-state index in [0.717, 1.165) is 17.5 Å². The van der Waals surface area contributed by atoms with E-state index in [2.05, 4.69) is 26.6 Å². The Morgan fingerprint density at radius 2 is 2.31 bits per heavy atom. The molecule has 0 bridgehead atoms. The van der Waals surface area contributed by atoms with Gasteiger partial charge in [-0.3, -0.25) is 4.98 Å². The minimum absolute atomic E-state index is 0.746. The van der Waals surface area contributed by atoms with Crippen LogP contribution in [-0.2, 0) is 6.42 Å². The third-order valence-corrected chi connectivity index (χ3v) is 1.62. The second kappa shape index (κ2) is 3.71. The molecule has 0 unspecified atom stereocenters. The fraction of sp³-hybridized carbons (Fsp3) is 0.111. The first-order valence-electron chi connectivity index (χ1n) is 3.89. The number of rotatable bonds is 2. The van der Waals surface area contributed by atoms with E-state index in [9.17, 15) is 0 Å². The van der Waals surface area contributed by atoms with Gasteiger partial charge in [-0.25, -0.2) is 0 Å². The first-order chi connectivity index (χ1) is 6.45. The van der Waals surface area contributed by atoms with Crippen molar-refractivity contribution < 1.29 is 0 Å². The summed E-state index contributed by atoms with van der Waals surface area (Å²) in [6, 6.07) is 3.90. The van der Waals surface area contributed by atoms with Gasteiger partial charge in [0.15, 0.2) is 0 Å². The molecule has 0 spiro atoms. The first-order valence-corrected chi connectivity index (χ1v) is 3.89. The van der Waals surface area contributed by atoms with Crippen LogP contribution >= 0.6 is 0 Å². The van der Waals surface area contributed by atoms with Gasteiger partial charge < -0.3 is 0 Å². The highest BCUT2D eigenvalue weighted by Gasteiger charge is 1.96. The molecule has 0 amide bonds. The predicted molar refractivity (Wildman–Crippen MR) is 45.7 cm³/mol. The van der Waals surface area contributed by atoms with Gasteiger partial charge in [-0.05, 0) is 16.8 Å². The van der Waals surface area contributed by atoms with Crippen LogP contribution < -0.4 is 0 Å². The Morgan fingerprint density at radius 1 is 1.31 bits per heavy atom. The molecule has 0 aromatic carbocycles. The number of hydrogen-bond acceptors (Lipinski definition) is 4. The highest BCUT2D eigenvalue weighted by Crippen LogP contribution is 2.03. The highest BCUT2D eigenvalue weighted by molar-refractivity contribution is 5.17. The molecule has 0 atom stereocenters. The normalized spacial score (nSPS) is 9.85. The summed E-state index contributed by atoms with van der Waals surface area (Å²) < 4.78 is 0. The summed E-state index contributed by atoms with van der Waals surface area (Å²) in [6.45, 7) is 0. The van der Waals surface area contributed by atoms with Gasteiger partial charge in [0.2, 0.25) is 0 Å². The van der Waals surface area contributed by atoms with Crippen LogP contribution in [0.4, 0.5) is 0 Å². The van der Waals surface area contributed by atoms with E-state index in [1.54, 1.807) is 12.4 Å². The van der Waals surface area contributed by atoms with Crippen LogP contribution in [0.5, 0.6) is 0 Å². The van der Waals surface area contributed by atoms with Crippen LogP contribution in [0, 0.1) is 6.20 Å². The van der Waals surface area contributed by atoms with E-state index < -0.39 is 0 Å². The molecule has 0 aliphatic heterocycles. The molecular formula is C9H7N4. The molecule has 63 valence electrons. The molecule has 2 heterocycles. The van der Waals surface area contributed by atoms with Crippen LogP contribution in [-0.4, -0.2) is 20.4 Å². The minimum atomic E-state index is 0.746. The molecular weight excluding hydrogens is 164 g/mol. The second-order valence-electron chi connectivity index (χ2n) is 2.61. The zero-order valence-electron chi connectivity index (χ0n) is 6.88. The Balaban J connectivity index is 2.16. The monoisotopic (exact) mass is 171 g/mol. The molecule has 4 nitrogen and oxygen atoms in total. The van der Waals surface area contributed by atoms with E-state index >= 15 is 0 Å². The van der Waals surface area contributed by atoms with Crippen molar-refractivity contribution in [2.45, 2.75) is 6.42 Å². The van der Waals surface area contributed by atoms with Gasteiger partial charge in [0.1, 0.15) is 6.20 Å². The smallest absolute Gasteiger partial charge is 0.121 e. The Kier molecular flexibility index (Phi) is 2.22.